The minimum atomic E-state index is -4.82. The van der Waals surface area contributed by atoms with Crippen LogP contribution in [0.15, 0.2) is 88.1 Å². The molecule has 2 fully saturated rings. The van der Waals surface area contributed by atoms with Gasteiger partial charge in [0.1, 0.15) is 22.6 Å². The number of ether oxygens (including phenoxy) is 2. The Morgan fingerprint density at radius 3 is 1.94 bits per heavy atom. The van der Waals surface area contributed by atoms with E-state index < -0.39 is 34.8 Å². The zero-order valence-corrected chi connectivity index (χ0v) is 26.7. The average molecular weight is 680 g/mol. The minimum Gasteiger partial charge on any atom is -0.465 e. The molecule has 0 atom stereocenters. The molecule has 0 N–H and O–H groups in total. The lowest BCUT2D eigenvalue weighted by Crippen LogP contribution is -2.48. The molecule has 0 unspecified atom stereocenters. The van der Waals surface area contributed by atoms with Crippen molar-refractivity contribution in [3.63, 3.8) is 0 Å². The van der Waals surface area contributed by atoms with Crippen molar-refractivity contribution in [1.82, 2.24) is 0 Å². The Morgan fingerprint density at radius 1 is 0.760 bits per heavy atom. The second kappa shape index (κ2) is 10.6. The summed E-state index contributed by atoms with van der Waals surface area (Å²) in [5, 5.41) is -0.321. The number of benzene rings is 4. The van der Waals surface area contributed by atoms with Gasteiger partial charge in [0.05, 0.1) is 18.2 Å². The predicted molar refractivity (Wildman–Crippen MR) is 179 cm³/mol. The number of fused-ring (bicyclic) bond motifs is 7. The lowest BCUT2D eigenvalue weighted by atomic mass is 9.74. The maximum Gasteiger partial charge on any atom is 0.417 e. The minimum absolute atomic E-state index is 0.179. The Labute approximate surface area is 283 Å². The molecule has 9 nitrogen and oxygen atoms in total. The number of carbonyl (C=O) groups is 2. The second-order valence-electron chi connectivity index (χ2n) is 12.9. The molecule has 1 amide bonds. The summed E-state index contributed by atoms with van der Waals surface area (Å²) in [4.78, 5) is 46.1. The van der Waals surface area contributed by atoms with Crippen LogP contribution in [0.2, 0.25) is 0 Å². The smallest absolute Gasteiger partial charge is 0.417 e. The number of nitrogens with zero attached hydrogens (tertiary/aromatic N) is 3. The SMILES string of the molecule is COC(=O)c1ccc2c(c1)C1(c3ccc(N4CCC4)cc3Oc3cc(N4CCC4)ccc31)N(c1ccc3c(C(F)(F)F)cc(=O)oc3c1)C2=O. The number of carbonyl (C=O) groups excluding carboxylic acids is 2. The summed E-state index contributed by atoms with van der Waals surface area (Å²) in [6.45, 7) is 3.55. The van der Waals surface area contributed by atoms with Gasteiger partial charge in [0.15, 0.2) is 0 Å². The molecule has 0 radical (unpaired) electrons. The quantitative estimate of drug-likeness (QED) is 0.147. The van der Waals surface area contributed by atoms with E-state index in [4.69, 9.17) is 13.9 Å². The van der Waals surface area contributed by atoms with E-state index in [1.165, 1.54) is 36.3 Å². The molecule has 4 aliphatic heterocycles. The molecule has 4 aromatic carbocycles. The molecule has 4 aliphatic rings. The summed E-state index contributed by atoms with van der Waals surface area (Å²) in [6, 6.07) is 20.6. The molecule has 12 heteroatoms. The van der Waals surface area contributed by atoms with Gasteiger partial charge in [-0.1, -0.05) is 12.1 Å². The summed E-state index contributed by atoms with van der Waals surface area (Å²) in [6.07, 6.45) is -2.70. The van der Waals surface area contributed by atoms with Crippen molar-refractivity contribution in [2.75, 3.05) is 48.0 Å². The third-order valence-corrected chi connectivity index (χ3v) is 10.3. The molecule has 5 heterocycles. The Morgan fingerprint density at radius 2 is 1.38 bits per heavy atom. The second-order valence-corrected chi connectivity index (χ2v) is 12.9. The third-order valence-electron chi connectivity index (χ3n) is 10.3. The van der Waals surface area contributed by atoms with Crippen LogP contribution in [0.4, 0.5) is 30.2 Å². The van der Waals surface area contributed by atoms with Gasteiger partial charge in [0, 0.05) is 95.1 Å². The molecule has 1 spiro atoms. The fourth-order valence-corrected chi connectivity index (χ4v) is 7.63. The molecule has 0 bridgehead atoms. The van der Waals surface area contributed by atoms with Crippen molar-refractivity contribution < 1.29 is 36.7 Å². The van der Waals surface area contributed by atoms with Crippen LogP contribution in [0.1, 0.15) is 55.8 Å². The normalized spacial score (nSPS) is 17.1. The van der Waals surface area contributed by atoms with E-state index in [1.54, 1.807) is 12.1 Å². The zero-order valence-electron chi connectivity index (χ0n) is 26.7. The van der Waals surface area contributed by atoms with E-state index in [0.29, 0.717) is 34.3 Å². The molecule has 1 aromatic heterocycles. The largest absolute Gasteiger partial charge is 0.465 e. The maximum atomic E-state index is 14.8. The van der Waals surface area contributed by atoms with Gasteiger partial charge >= 0.3 is 17.8 Å². The van der Waals surface area contributed by atoms with Gasteiger partial charge in [-0.15, -0.1) is 0 Å². The average Bonchev–Trinajstić information content (AvgIpc) is 3.29. The van der Waals surface area contributed by atoms with Crippen LogP contribution in [0.5, 0.6) is 11.5 Å². The number of anilines is 3. The first kappa shape index (κ1) is 30.3. The van der Waals surface area contributed by atoms with Crippen molar-refractivity contribution in [1.29, 1.82) is 0 Å². The van der Waals surface area contributed by atoms with Crippen molar-refractivity contribution in [2.45, 2.75) is 24.6 Å². The molecule has 50 heavy (non-hydrogen) atoms. The number of halogens is 3. The molecule has 0 aliphatic carbocycles. The van der Waals surface area contributed by atoms with Gasteiger partial charge in [-0.3, -0.25) is 9.69 Å². The Bertz CT molecular complexity index is 2280. The van der Waals surface area contributed by atoms with E-state index in [9.17, 15) is 27.6 Å². The first-order valence-corrected chi connectivity index (χ1v) is 16.3. The summed E-state index contributed by atoms with van der Waals surface area (Å²) in [5.74, 6) is -0.0933. The van der Waals surface area contributed by atoms with Crippen molar-refractivity contribution in [2.24, 2.45) is 0 Å². The number of methoxy groups -OCH3 is 1. The number of hydrogen-bond donors (Lipinski definition) is 0. The van der Waals surface area contributed by atoms with Crippen LogP contribution < -0.4 is 25.1 Å². The van der Waals surface area contributed by atoms with E-state index in [0.717, 1.165) is 50.4 Å². The lowest BCUT2D eigenvalue weighted by molar-refractivity contribution is -0.136. The highest BCUT2D eigenvalue weighted by Gasteiger charge is 2.57. The van der Waals surface area contributed by atoms with Crippen LogP contribution >= 0.6 is 0 Å². The van der Waals surface area contributed by atoms with E-state index in [-0.39, 0.29) is 27.8 Å². The van der Waals surface area contributed by atoms with E-state index in [1.807, 2.05) is 36.4 Å². The monoisotopic (exact) mass is 679 g/mol. The predicted octanol–water partition coefficient (Wildman–Crippen LogP) is 7.08. The number of amides is 1. The fraction of sp³-hybridized carbons (Fsp3) is 0.237. The summed E-state index contributed by atoms with van der Waals surface area (Å²) >= 11 is 0. The number of hydrogen-bond acceptors (Lipinski definition) is 8. The first-order chi connectivity index (χ1) is 24.1. The highest BCUT2D eigenvalue weighted by atomic mass is 19.4. The molecule has 5 aromatic rings. The number of rotatable bonds is 4. The highest BCUT2D eigenvalue weighted by molar-refractivity contribution is 6.15. The molecular weight excluding hydrogens is 651 g/mol. The van der Waals surface area contributed by atoms with Crippen molar-refractivity contribution in [3.8, 4) is 11.5 Å². The Hall–Kier alpha value is -5.78. The van der Waals surface area contributed by atoms with E-state index in [2.05, 4.69) is 9.80 Å². The third kappa shape index (κ3) is 4.23. The summed E-state index contributed by atoms with van der Waals surface area (Å²) in [5.41, 5.74) is 0.102. The molecule has 2 saturated heterocycles. The standard InChI is InChI=1S/C38H28F3N3O6/c1-48-36(47)21-4-8-26-29(16-21)37(44(35(26)46)24-5-9-25-30(38(39,40)41)20-34(45)50-31(25)19-24)27-10-6-22(42-12-2-13-42)17-32(27)49-33-18-23(7-11-28(33)37)43-14-3-15-43/h4-11,16-20H,2-3,12-15H2,1H3. The van der Waals surface area contributed by atoms with Crippen LogP contribution in [-0.2, 0) is 16.5 Å². The number of alkyl halides is 3. The zero-order chi connectivity index (χ0) is 34.5. The Balaban J connectivity index is 1.36. The van der Waals surface area contributed by atoms with Crippen LogP contribution in [0, 0.1) is 0 Å². The maximum absolute atomic E-state index is 14.8. The number of esters is 1. The van der Waals surface area contributed by atoms with Gasteiger partial charge < -0.3 is 23.7 Å². The fourth-order valence-electron chi connectivity index (χ4n) is 7.63. The first-order valence-electron chi connectivity index (χ1n) is 16.3. The molecule has 9 rings (SSSR count). The van der Waals surface area contributed by atoms with Crippen LogP contribution in [-0.4, -0.2) is 45.2 Å². The van der Waals surface area contributed by atoms with Gasteiger partial charge in [-0.05, 0) is 55.3 Å². The highest BCUT2D eigenvalue weighted by Crippen LogP contribution is 2.60. The van der Waals surface area contributed by atoms with Crippen LogP contribution in [0.3, 0.4) is 0 Å². The van der Waals surface area contributed by atoms with Crippen LogP contribution in [0.25, 0.3) is 11.0 Å². The molecule has 0 saturated carbocycles. The van der Waals surface area contributed by atoms with Gasteiger partial charge in [0.2, 0.25) is 0 Å². The van der Waals surface area contributed by atoms with Crippen molar-refractivity contribution in [3.05, 3.63) is 123 Å². The summed E-state index contributed by atoms with van der Waals surface area (Å²) in [7, 11) is 1.27. The van der Waals surface area contributed by atoms with E-state index >= 15 is 0 Å². The van der Waals surface area contributed by atoms with Crippen molar-refractivity contribution >= 4 is 39.9 Å². The van der Waals surface area contributed by atoms with Gasteiger partial charge in [0.25, 0.3) is 5.91 Å². The topological polar surface area (TPSA) is 92.5 Å². The van der Waals surface area contributed by atoms with Gasteiger partial charge in [-0.25, -0.2) is 9.59 Å². The molecular formula is C38H28F3N3O6. The Kier molecular flexibility index (Phi) is 6.43. The summed E-state index contributed by atoms with van der Waals surface area (Å²) < 4.78 is 59.1. The van der Waals surface area contributed by atoms with Gasteiger partial charge in [-0.2, -0.15) is 13.2 Å². The lowest BCUT2D eigenvalue weighted by Gasteiger charge is -2.45. The molecule has 252 valence electrons.